The van der Waals surface area contributed by atoms with Gasteiger partial charge in [0.2, 0.25) is 0 Å². The molecule has 0 aromatic carbocycles. The van der Waals surface area contributed by atoms with E-state index in [1.54, 1.807) is 0 Å². The van der Waals surface area contributed by atoms with Crippen molar-refractivity contribution in [1.29, 1.82) is 0 Å². The quantitative estimate of drug-likeness (QED) is 0.432. The number of fused-ring (bicyclic) bond motifs is 1. The summed E-state index contributed by atoms with van der Waals surface area (Å²) in [6.45, 7) is 4.59. The van der Waals surface area contributed by atoms with Crippen molar-refractivity contribution in [2.24, 2.45) is 0 Å². The van der Waals surface area contributed by atoms with Gasteiger partial charge in [-0.3, -0.25) is 9.80 Å². The normalized spacial score (nSPS) is 49.3. The van der Waals surface area contributed by atoms with E-state index in [0.717, 1.165) is 13.3 Å². The van der Waals surface area contributed by atoms with Gasteiger partial charge in [0.1, 0.15) is 0 Å². The molecule has 4 nitrogen and oxygen atoms in total. The van der Waals surface area contributed by atoms with Crippen molar-refractivity contribution < 1.29 is 0 Å². The van der Waals surface area contributed by atoms with Crippen LogP contribution < -0.4 is 5.43 Å². The fourth-order valence-corrected chi connectivity index (χ4v) is 1.84. The van der Waals surface area contributed by atoms with E-state index in [4.69, 9.17) is 0 Å². The molecule has 0 aromatic rings. The molecule has 0 radical (unpaired) electrons. The highest BCUT2D eigenvalue weighted by molar-refractivity contribution is 4.91. The van der Waals surface area contributed by atoms with Crippen LogP contribution in [0.15, 0.2) is 0 Å². The van der Waals surface area contributed by atoms with E-state index < -0.39 is 0 Å². The summed E-state index contributed by atoms with van der Waals surface area (Å²) in [4.78, 5) is 4.90. The molecular formula is C5H10N4. The largest absolute Gasteiger partial charge is 0.273 e. The fourth-order valence-electron chi connectivity index (χ4n) is 1.84. The molecule has 2 bridgehead atoms. The second kappa shape index (κ2) is 1.29. The Bertz CT molecular complexity index is 134. The zero-order valence-electron chi connectivity index (χ0n) is 5.25. The van der Waals surface area contributed by atoms with Crippen LogP contribution in [-0.4, -0.2) is 47.5 Å². The minimum Gasteiger partial charge on any atom is -0.273 e. The van der Waals surface area contributed by atoms with E-state index in [-0.39, 0.29) is 0 Å². The van der Waals surface area contributed by atoms with Gasteiger partial charge in [-0.25, -0.2) is 10.4 Å². The van der Waals surface area contributed by atoms with Crippen molar-refractivity contribution in [2.45, 2.75) is 6.17 Å². The number of nitrogens with zero attached hydrogens (tertiary/aromatic N) is 3. The summed E-state index contributed by atoms with van der Waals surface area (Å²) in [5, 5.41) is 2.31. The van der Waals surface area contributed by atoms with Crippen LogP contribution in [0.1, 0.15) is 0 Å². The molecule has 3 heterocycles. The van der Waals surface area contributed by atoms with Crippen LogP contribution in [0.5, 0.6) is 0 Å². The van der Waals surface area contributed by atoms with Crippen LogP contribution >= 0.6 is 0 Å². The van der Waals surface area contributed by atoms with Gasteiger partial charge in [0, 0.05) is 6.54 Å². The van der Waals surface area contributed by atoms with Crippen LogP contribution in [0, 0.1) is 0 Å². The lowest BCUT2D eigenvalue weighted by atomic mass is 10.3. The monoisotopic (exact) mass is 126 g/mol. The van der Waals surface area contributed by atoms with Gasteiger partial charge in [-0.2, -0.15) is 0 Å². The van der Waals surface area contributed by atoms with Gasteiger partial charge in [0.15, 0.2) is 0 Å². The SMILES string of the molecule is C1NN2CN3CN1CC32. The van der Waals surface area contributed by atoms with E-state index in [9.17, 15) is 0 Å². The van der Waals surface area contributed by atoms with Crippen molar-refractivity contribution >= 4 is 0 Å². The zero-order chi connectivity index (χ0) is 5.84. The second-order valence-corrected chi connectivity index (χ2v) is 2.99. The molecule has 2 atom stereocenters. The molecule has 0 aliphatic carbocycles. The van der Waals surface area contributed by atoms with E-state index >= 15 is 0 Å². The lowest BCUT2D eigenvalue weighted by molar-refractivity contribution is -0.111. The Balaban J connectivity index is 1.95. The molecular weight excluding hydrogens is 116 g/mol. The van der Waals surface area contributed by atoms with E-state index in [2.05, 4.69) is 20.2 Å². The van der Waals surface area contributed by atoms with Crippen molar-refractivity contribution in [3.8, 4) is 0 Å². The first kappa shape index (κ1) is 4.62. The third-order valence-corrected chi connectivity index (χ3v) is 2.42. The Morgan fingerprint density at radius 3 is 3.22 bits per heavy atom. The first-order valence-electron chi connectivity index (χ1n) is 3.40. The Kier molecular flexibility index (Phi) is 0.665. The molecule has 0 spiro atoms. The summed E-state index contributed by atoms with van der Waals surface area (Å²) < 4.78 is 0. The predicted molar refractivity (Wildman–Crippen MR) is 31.9 cm³/mol. The molecule has 50 valence electrons. The molecule has 3 fully saturated rings. The molecule has 3 saturated heterocycles. The van der Waals surface area contributed by atoms with Crippen molar-refractivity contribution in [3.05, 3.63) is 0 Å². The van der Waals surface area contributed by atoms with Gasteiger partial charge in [-0.05, 0) is 0 Å². The van der Waals surface area contributed by atoms with Crippen molar-refractivity contribution in [3.63, 3.8) is 0 Å². The minimum absolute atomic E-state index is 0.707. The summed E-state index contributed by atoms with van der Waals surface area (Å²) in [6.07, 6.45) is 0.707. The van der Waals surface area contributed by atoms with Gasteiger partial charge < -0.3 is 0 Å². The number of hydrogen-bond acceptors (Lipinski definition) is 4. The van der Waals surface area contributed by atoms with Gasteiger partial charge in [0.05, 0.1) is 26.2 Å². The van der Waals surface area contributed by atoms with E-state index in [0.29, 0.717) is 6.17 Å². The van der Waals surface area contributed by atoms with Crippen LogP contribution in [0.2, 0.25) is 0 Å². The summed E-state index contributed by atoms with van der Waals surface area (Å²) in [5.41, 5.74) is 3.33. The van der Waals surface area contributed by atoms with Crippen LogP contribution in [0.4, 0.5) is 0 Å². The smallest absolute Gasteiger partial charge is 0.0923 e. The number of nitrogens with one attached hydrogen (secondary N) is 1. The van der Waals surface area contributed by atoms with Crippen molar-refractivity contribution in [1.82, 2.24) is 20.2 Å². The van der Waals surface area contributed by atoms with Gasteiger partial charge in [0.25, 0.3) is 0 Å². The molecule has 0 saturated carbocycles. The third kappa shape index (κ3) is 0.433. The first-order valence-corrected chi connectivity index (χ1v) is 3.40. The van der Waals surface area contributed by atoms with Crippen LogP contribution in [0.3, 0.4) is 0 Å². The van der Waals surface area contributed by atoms with Crippen LogP contribution in [-0.2, 0) is 0 Å². The number of hydrazine groups is 1. The summed E-state index contributed by atoms with van der Waals surface area (Å²) in [7, 11) is 0. The Morgan fingerprint density at radius 1 is 1.33 bits per heavy atom. The number of rotatable bonds is 0. The molecule has 2 unspecified atom stereocenters. The highest BCUT2D eigenvalue weighted by Gasteiger charge is 2.46. The molecule has 3 rings (SSSR count). The third-order valence-electron chi connectivity index (χ3n) is 2.42. The first-order chi connectivity index (χ1) is 4.43. The van der Waals surface area contributed by atoms with Gasteiger partial charge in [-0.15, -0.1) is 0 Å². The molecule has 3 aliphatic rings. The maximum Gasteiger partial charge on any atom is 0.0923 e. The Labute approximate surface area is 54.0 Å². The summed E-state index contributed by atoms with van der Waals surface area (Å²) in [5.74, 6) is 0. The average Bonchev–Trinajstić information content (AvgIpc) is 2.04. The maximum atomic E-state index is 3.33. The van der Waals surface area contributed by atoms with Crippen LogP contribution in [0.25, 0.3) is 0 Å². The van der Waals surface area contributed by atoms with E-state index in [1.807, 2.05) is 0 Å². The second-order valence-electron chi connectivity index (χ2n) is 2.99. The summed E-state index contributed by atoms with van der Waals surface area (Å²) in [6, 6.07) is 0. The lowest BCUT2D eigenvalue weighted by Gasteiger charge is -2.46. The Morgan fingerprint density at radius 2 is 2.33 bits per heavy atom. The molecule has 0 aromatic heterocycles. The molecule has 4 heteroatoms. The predicted octanol–water partition coefficient (Wildman–Crippen LogP) is -1.36. The highest BCUT2D eigenvalue weighted by atomic mass is 15.8. The summed E-state index contributed by atoms with van der Waals surface area (Å²) >= 11 is 0. The molecule has 3 aliphatic heterocycles. The zero-order valence-corrected chi connectivity index (χ0v) is 5.25. The maximum absolute atomic E-state index is 3.33. The van der Waals surface area contributed by atoms with Gasteiger partial charge in [-0.1, -0.05) is 0 Å². The molecule has 0 amide bonds. The van der Waals surface area contributed by atoms with Gasteiger partial charge >= 0.3 is 0 Å². The topological polar surface area (TPSA) is 21.8 Å². The lowest BCUT2D eigenvalue weighted by Crippen LogP contribution is -2.67. The minimum atomic E-state index is 0.707. The molecule has 1 N–H and O–H groups in total. The molecule has 9 heavy (non-hydrogen) atoms. The fraction of sp³-hybridized carbons (Fsp3) is 1.00. The number of hydrogen-bond donors (Lipinski definition) is 1. The van der Waals surface area contributed by atoms with E-state index in [1.165, 1.54) is 13.2 Å². The average molecular weight is 126 g/mol. The van der Waals surface area contributed by atoms with Crippen molar-refractivity contribution in [2.75, 3.05) is 26.6 Å². The standard InChI is InChI=1S/C5H10N4/c1-5-8-3-7(1)2-6-9(5)4-8/h5-6H,1-4H2. The Hall–Kier alpha value is -0.160. The highest BCUT2D eigenvalue weighted by Crippen LogP contribution is 2.26.